The van der Waals surface area contributed by atoms with Crippen molar-refractivity contribution in [2.45, 2.75) is 13.0 Å². The predicted octanol–water partition coefficient (Wildman–Crippen LogP) is 5.81. The number of hydrogen-bond acceptors (Lipinski definition) is 3. The first-order valence-corrected chi connectivity index (χ1v) is 8.82. The maximum Gasteiger partial charge on any atom is 0.274 e. The summed E-state index contributed by atoms with van der Waals surface area (Å²) in [5.74, 6) is -0.320. The molecule has 4 nitrogen and oxygen atoms in total. The van der Waals surface area contributed by atoms with Crippen LogP contribution in [0.3, 0.4) is 0 Å². The Morgan fingerprint density at radius 1 is 0.962 bits per heavy atom. The average Bonchev–Trinajstić information content (AvgIpc) is 2.65. The first-order chi connectivity index (χ1) is 12.5. The summed E-state index contributed by atoms with van der Waals surface area (Å²) in [5, 5.41) is 6.95. The molecule has 0 spiro atoms. The molecule has 0 fully saturated rings. The van der Waals surface area contributed by atoms with Crippen molar-refractivity contribution in [2.24, 2.45) is 0 Å². The van der Waals surface area contributed by atoms with E-state index in [2.05, 4.69) is 34.7 Å². The van der Waals surface area contributed by atoms with Gasteiger partial charge >= 0.3 is 0 Å². The summed E-state index contributed by atoms with van der Waals surface area (Å²) in [4.78, 5) is 16.6. The van der Waals surface area contributed by atoms with Gasteiger partial charge in [-0.05, 0) is 42.8 Å². The average molecular weight is 386 g/mol. The highest BCUT2D eigenvalue weighted by Crippen LogP contribution is 2.25. The first-order valence-electron chi connectivity index (χ1n) is 8.07. The van der Waals surface area contributed by atoms with Gasteiger partial charge in [-0.3, -0.25) is 9.78 Å². The minimum absolute atomic E-state index is 0.101. The van der Waals surface area contributed by atoms with Crippen LogP contribution in [-0.4, -0.2) is 10.9 Å². The minimum atomic E-state index is -0.320. The number of nitrogens with zero attached hydrogens (tertiary/aromatic N) is 1. The van der Waals surface area contributed by atoms with E-state index in [1.807, 2.05) is 24.3 Å². The van der Waals surface area contributed by atoms with Gasteiger partial charge in [-0.25, -0.2) is 0 Å². The summed E-state index contributed by atoms with van der Waals surface area (Å²) >= 11 is 11.9. The van der Waals surface area contributed by atoms with Crippen molar-refractivity contribution in [1.29, 1.82) is 0 Å². The lowest BCUT2D eigenvalue weighted by Gasteiger charge is -2.16. The lowest BCUT2D eigenvalue weighted by Crippen LogP contribution is -2.14. The third-order valence-corrected chi connectivity index (χ3v) is 4.59. The number of pyridine rings is 1. The summed E-state index contributed by atoms with van der Waals surface area (Å²) in [6, 6.07) is 18.6. The summed E-state index contributed by atoms with van der Waals surface area (Å²) in [5.41, 5.74) is 2.84. The second kappa shape index (κ2) is 8.21. The predicted molar refractivity (Wildman–Crippen MR) is 107 cm³/mol. The molecule has 132 valence electrons. The molecular formula is C20H17Cl2N3O. The number of aromatic nitrogens is 1. The highest BCUT2D eigenvalue weighted by Gasteiger charge is 2.11. The molecule has 0 aliphatic rings. The maximum atomic E-state index is 12.4. The molecule has 1 unspecified atom stereocenters. The Morgan fingerprint density at radius 2 is 1.73 bits per heavy atom. The second-order valence-corrected chi connectivity index (χ2v) is 6.60. The van der Waals surface area contributed by atoms with Crippen LogP contribution in [0.15, 0.2) is 66.9 Å². The number of nitrogens with one attached hydrogen (secondary N) is 2. The van der Waals surface area contributed by atoms with E-state index in [0.29, 0.717) is 21.4 Å². The lowest BCUT2D eigenvalue weighted by atomic mass is 10.1. The molecule has 26 heavy (non-hydrogen) atoms. The molecule has 1 amide bonds. The Balaban J connectivity index is 1.72. The standard InChI is InChI=1S/C20H17Cl2N3O/c1-13(14-5-3-2-4-6-14)24-16-9-10-23-19(12-16)20(26)25-15-7-8-17(21)18(22)11-15/h2-13H,1H3,(H,23,24)(H,25,26). The molecule has 1 atom stereocenters. The highest BCUT2D eigenvalue weighted by atomic mass is 35.5. The zero-order valence-electron chi connectivity index (χ0n) is 14.0. The summed E-state index contributed by atoms with van der Waals surface area (Å²) in [7, 11) is 0. The van der Waals surface area contributed by atoms with E-state index in [9.17, 15) is 4.79 Å². The van der Waals surface area contributed by atoms with E-state index in [4.69, 9.17) is 23.2 Å². The molecule has 6 heteroatoms. The molecular weight excluding hydrogens is 369 g/mol. The largest absolute Gasteiger partial charge is 0.378 e. The smallest absolute Gasteiger partial charge is 0.274 e. The van der Waals surface area contributed by atoms with Crippen LogP contribution in [0.1, 0.15) is 29.0 Å². The van der Waals surface area contributed by atoms with E-state index < -0.39 is 0 Å². The monoisotopic (exact) mass is 385 g/mol. The third kappa shape index (κ3) is 4.54. The normalized spacial score (nSPS) is 11.7. The Kier molecular flexibility index (Phi) is 5.76. The Labute approximate surface area is 162 Å². The molecule has 0 aliphatic heterocycles. The van der Waals surface area contributed by atoms with E-state index in [1.54, 1.807) is 30.5 Å². The number of hydrogen-bond donors (Lipinski definition) is 2. The highest BCUT2D eigenvalue weighted by molar-refractivity contribution is 6.42. The Hall–Kier alpha value is -2.56. The first kappa shape index (κ1) is 18.2. The Morgan fingerprint density at radius 3 is 2.46 bits per heavy atom. The van der Waals surface area contributed by atoms with Crippen molar-refractivity contribution in [3.8, 4) is 0 Å². The number of amides is 1. The van der Waals surface area contributed by atoms with E-state index in [0.717, 1.165) is 11.3 Å². The van der Waals surface area contributed by atoms with Gasteiger partial charge in [-0.1, -0.05) is 53.5 Å². The zero-order chi connectivity index (χ0) is 18.5. The number of anilines is 2. The molecule has 2 aromatic carbocycles. The van der Waals surface area contributed by atoms with Gasteiger partial charge in [0, 0.05) is 23.6 Å². The van der Waals surface area contributed by atoms with E-state index in [1.165, 1.54) is 0 Å². The summed E-state index contributed by atoms with van der Waals surface area (Å²) < 4.78 is 0. The van der Waals surface area contributed by atoms with Gasteiger partial charge in [0.2, 0.25) is 0 Å². The van der Waals surface area contributed by atoms with Gasteiger partial charge in [0.05, 0.1) is 10.0 Å². The molecule has 0 aliphatic carbocycles. The van der Waals surface area contributed by atoms with Crippen LogP contribution in [0.2, 0.25) is 10.0 Å². The lowest BCUT2D eigenvalue weighted by molar-refractivity contribution is 0.102. The Bertz CT molecular complexity index is 916. The molecule has 0 saturated carbocycles. The third-order valence-electron chi connectivity index (χ3n) is 3.85. The van der Waals surface area contributed by atoms with Crippen LogP contribution < -0.4 is 10.6 Å². The zero-order valence-corrected chi connectivity index (χ0v) is 15.6. The van der Waals surface area contributed by atoms with Gasteiger partial charge in [0.1, 0.15) is 5.69 Å². The number of halogens is 2. The topological polar surface area (TPSA) is 54.0 Å². The number of carbonyl (C=O) groups is 1. The van der Waals surface area contributed by atoms with Crippen molar-refractivity contribution >= 4 is 40.5 Å². The fraction of sp³-hybridized carbons (Fsp3) is 0.100. The summed E-state index contributed by atoms with van der Waals surface area (Å²) in [6.45, 7) is 2.06. The van der Waals surface area contributed by atoms with Crippen LogP contribution in [0.4, 0.5) is 11.4 Å². The fourth-order valence-corrected chi connectivity index (χ4v) is 2.79. The molecule has 2 N–H and O–H groups in total. The molecule has 0 bridgehead atoms. The SMILES string of the molecule is CC(Nc1ccnc(C(=O)Nc2ccc(Cl)c(Cl)c2)c1)c1ccccc1. The molecule has 3 aromatic rings. The van der Waals surface area contributed by atoms with Crippen LogP contribution in [-0.2, 0) is 0 Å². The quantitative estimate of drug-likeness (QED) is 0.582. The van der Waals surface area contributed by atoms with Gasteiger partial charge in [-0.2, -0.15) is 0 Å². The van der Waals surface area contributed by atoms with Crippen LogP contribution >= 0.6 is 23.2 Å². The van der Waals surface area contributed by atoms with Gasteiger partial charge in [0.15, 0.2) is 0 Å². The second-order valence-electron chi connectivity index (χ2n) is 5.79. The maximum absolute atomic E-state index is 12.4. The number of benzene rings is 2. The van der Waals surface area contributed by atoms with Crippen LogP contribution in [0.25, 0.3) is 0 Å². The number of rotatable bonds is 5. The molecule has 0 radical (unpaired) electrons. The molecule has 3 rings (SSSR count). The van der Waals surface area contributed by atoms with E-state index in [-0.39, 0.29) is 11.9 Å². The van der Waals surface area contributed by atoms with E-state index >= 15 is 0 Å². The molecule has 0 saturated heterocycles. The van der Waals surface area contributed by atoms with Crippen molar-refractivity contribution < 1.29 is 4.79 Å². The van der Waals surface area contributed by atoms with Gasteiger partial charge in [0.25, 0.3) is 5.91 Å². The van der Waals surface area contributed by atoms with Crippen molar-refractivity contribution in [3.05, 3.63) is 88.2 Å². The van der Waals surface area contributed by atoms with Crippen LogP contribution in [0.5, 0.6) is 0 Å². The molecule has 1 aromatic heterocycles. The van der Waals surface area contributed by atoms with Gasteiger partial charge < -0.3 is 10.6 Å². The minimum Gasteiger partial charge on any atom is -0.378 e. The van der Waals surface area contributed by atoms with Crippen LogP contribution in [0, 0.1) is 0 Å². The summed E-state index contributed by atoms with van der Waals surface area (Å²) in [6.07, 6.45) is 1.60. The number of carbonyl (C=O) groups excluding carboxylic acids is 1. The van der Waals surface area contributed by atoms with Gasteiger partial charge in [-0.15, -0.1) is 0 Å². The van der Waals surface area contributed by atoms with Crippen molar-refractivity contribution in [3.63, 3.8) is 0 Å². The van der Waals surface area contributed by atoms with Crippen molar-refractivity contribution in [2.75, 3.05) is 10.6 Å². The van der Waals surface area contributed by atoms with Crippen molar-refractivity contribution in [1.82, 2.24) is 4.98 Å². The molecule has 1 heterocycles. The fourth-order valence-electron chi connectivity index (χ4n) is 2.49.